The summed E-state index contributed by atoms with van der Waals surface area (Å²) in [6.07, 6.45) is 0.827. The Bertz CT molecular complexity index is 407. The second kappa shape index (κ2) is 7.36. The first-order valence-electron chi connectivity index (χ1n) is 5.72. The van der Waals surface area contributed by atoms with Gasteiger partial charge in [0.05, 0.1) is 11.1 Å². The fourth-order valence-electron chi connectivity index (χ4n) is 1.16. The molecule has 0 amide bonds. The molecule has 0 bridgehead atoms. The minimum atomic E-state index is -0.420. The third kappa shape index (κ3) is 5.49. The first-order valence-corrected chi connectivity index (χ1v) is 6.52. The zero-order valence-electron chi connectivity index (χ0n) is 10.4. The molecular weight excluding hydrogens is 303 g/mol. The number of carbonyl (C=O) groups excluding carboxylic acids is 1. The van der Waals surface area contributed by atoms with Gasteiger partial charge in [-0.1, -0.05) is 13.8 Å². The van der Waals surface area contributed by atoms with Crippen LogP contribution < -0.4 is 4.74 Å². The van der Waals surface area contributed by atoms with Crippen molar-refractivity contribution in [2.75, 3.05) is 13.2 Å². The number of rotatable bonds is 6. The van der Waals surface area contributed by atoms with Crippen LogP contribution in [0, 0.1) is 11.7 Å². The van der Waals surface area contributed by atoms with E-state index in [4.69, 9.17) is 9.47 Å². The summed E-state index contributed by atoms with van der Waals surface area (Å²) < 4.78 is 23.4. The Hall–Kier alpha value is -1.10. The fourth-order valence-corrected chi connectivity index (χ4v) is 1.52. The van der Waals surface area contributed by atoms with Gasteiger partial charge in [-0.2, -0.15) is 0 Å². The molecule has 0 aliphatic rings. The van der Waals surface area contributed by atoms with E-state index in [2.05, 4.69) is 29.8 Å². The molecule has 1 aromatic carbocycles. The summed E-state index contributed by atoms with van der Waals surface area (Å²) in [5.41, 5.74) is 0. The molecule has 0 heterocycles. The van der Waals surface area contributed by atoms with Crippen LogP contribution in [-0.4, -0.2) is 19.2 Å². The second-order valence-corrected chi connectivity index (χ2v) is 5.12. The number of hydrogen-bond donors (Lipinski definition) is 0. The molecule has 0 saturated heterocycles. The molecule has 100 valence electrons. The maximum absolute atomic E-state index is 12.9. The summed E-state index contributed by atoms with van der Waals surface area (Å²) in [5.74, 6) is 0.119. The van der Waals surface area contributed by atoms with E-state index in [1.165, 1.54) is 18.2 Å². The van der Waals surface area contributed by atoms with Crippen LogP contribution in [0.2, 0.25) is 0 Å². The highest BCUT2D eigenvalue weighted by molar-refractivity contribution is 9.10. The van der Waals surface area contributed by atoms with Crippen LogP contribution in [0.4, 0.5) is 4.39 Å². The van der Waals surface area contributed by atoms with Gasteiger partial charge in [-0.05, 0) is 46.5 Å². The van der Waals surface area contributed by atoms with Crippen molar-refractivity contribution in [2.45, 2.75) is 20.3 Å². The van der Waals surface area contributed by atoms with Crippen LogP contribution in [-0.2, 0) is 9.53 Å². The van der Waals surface area contributed by atoms with E-state index >= 15 is 0 Å². The second-order valence-electron chi connectivity index (χ2n) is 4.27. The average Bonchev–Trinajstić information content (AvgIpc) is 2.30. The molecule has 0 aliphatic heterocycles. The van der Waals surface area contributed by atoms with E-state index in [9.17, 15) is 9.18 Å². The minimum Gasteiger partial charge on any atom is -0.482 e. The number of hydrogen-bond acceptors (Lipinski definition) is 3. The Balaban J connectivity index is 2.31. The lowest BCUT2D eigenvalue weighted by Gasteiger charge is -2.08. The summed E-state index contributed by atoms with van der Waals surface area (Å²) in [7, 11) is 0. The molecule has 18 heavy (non-hydrogen) atoms. The van der Waals surface area contributed by atoms with Gasteiger partial charge in [-0.3, -0.25) is 0 Å². The normalized spacial score (nSPS) is 10.5. The van der Waals surface area contributed by atoms with E-state index in [0.29, 0.717) is 22.7 Å². The molecule has 0 radical (unpaired) electrons. The van der Waals surface area contributed by atoms with E-state index < -0.39 is 5.97 Å². The van der Waals surface area contributed by atoms with Crippen molar-refractivity contribution in [2.24, 2.45) is 5.92 Å². The molecule has 3 nitrogen and oxygen atoms in total. The maximum atomic E-state index is 12.9. The Labute approximate surface area is 114 Å². The molecule has 0 atom stereocenters. The number of ether oxygens (including phenoxy) is 2. The van der Waals surface area contributed by atoms with Gasteiger partial charge in [-0.15, -0.1) is 0 Å². The summed E-state index contributed by atoms with van der Waals surface area (Å²) in [6.45, 7) is 4.34. The Kier molecular flexibility index (Phi) is 6.12. The van der Waals surface area contributed by atoms with Gasteiger partial charge in [0.2, 0.25) is 0 Å². The predicted molar refractivity (Wildman–Crippen MR) is 70.0 cm³/mol. The lowest BCUT2D eigenvalue weighted by molar-refractivity contribution is -0.146. The minimum absolute atomic E-state index is 0.170. The Morgan fingerprint density at radius 2 is 2.17 bits per heavy atom. The number of carbonyl (C=O) groups is 1. The van der Waals surface area contributed by atoms with Crippen LogP contribution in [0.5, 0.6) is 5.75 Å². The van der Waals surface area contributed by atoms with Crippen LogP contribution in [0.25, 0.3) is 0 Å². The molecular formula is C13H16BrFO3. The van der Waals surface area contributed by atoms with Crippen molar-refractivity contribution in [3.05, 3.63) is 28.5 Å². The highest BCUT2D eigenvalue weighted by Gasteiger charge is 2.06. The Morgan fingerprint density at radius 1 is 1.44 bits per heavy atom. The van der Waals surface area contributed by atoms with E-state index in [1.807, 2.05) is 0 Å². The summed E-state index contributed by atoms with van der Waals surface area (Å²) in [4.78, 5) is 11.3. The standard InChI is InChI=1S/C13H16BrFO3/c1-9(2)5-6-17-13(16)8-18-10-3-4-12(15)11(14)7-10/h3-4,7,9H,5-6,8H2,1-2H3. The summed E-state index contributed by atoms with van der Waals surface area (Å²) in [6, 6.07) is 4.20. The highest BCUT2D eigenvalue weighted by atomic mass is 79.9. The number of esters is 1. The van der Waals surface area contributed by atoms with E-state index in [1.54, 1.807) is 0 Å². The fraction of sp³-hybridized carbons (Fsp3) is 0.462. The van der Waals surface area contributed by atoms with Crippen LogP contribution in [0.3, 0.4) is 0 Å². The van der Waals surface area contributed by atoms with Crippen molar-refractivity contribution < 1.29 is 18.7 Å². The van der Waals surface area contributed by atoms with Crippen molar-refractivity contribution in [3.8, 4) is 5.75 Å². The highest BCUT2D eigenvalue weighted by Crippen LogP contribution is 2.21. The largest absolute Gasteiger partial charge is 0.482 e. The Morgan fingerprint density at radius 3 is 2.78 bits per heavy atom. The molecule has 1 rings (SSSR count). The van der Waals surface area contributed by atoms with Crippen LogP contribution in [0.1, 0.15) is 20.3 Å². The van der Waals surface area contributed by atoms with Gasteiger partial charge in [0.1, 0.15) is 11.6 Å². The molecule has 5 heteroatoms. The van der Waals surface area contributed by atoms with Gasteiger partial charge in [0.15, 0.2) is 6.61 Å². The topological polar surface area (TPSA) is 35.5 Å². The monoisotopic (exact) mass is 318 g/mol. The zero-order chi connectivity index (χ0) is 13.5. The maximum Gasteiger partial charge on any atom is 0.344 e. The average molecular weight is 319 g/mol. The van der Waals surface area contributed by atoms with Gasteiger partial charge < -0.3 is 9.47 Å². The quantitative estimate of drug-likeness (QED) is 0.752. The van der Waals surface area contributed by atoms with Gasteiger partial charge in [-0.25, -0.2) is 9.18 Å². The van der Waals surface area contributed by atoms with Crippen molar-refractivity contribution in [1.29, 1.82) is 0 Å². The molecule has 0 fully saturated rings. The van der Waals surface area contributed by atoms with Crippen LogP contribution >= 0.6 is 15.9 Å². The van der Waals surface area contributed by atoms with Gasteiger partial charge in [0.25, 0.3) is 0 Å². The SMILES string of the molecule is CC(C)CCOC(=O)COc1ccc(F)c(Br)c1. The number of benzene rings is 1. The zero-order valence-corrected chi connectivity index (χ0v) is 12.0. The van der Waals surface area contributed by atoms with Crippen molar-refractivity contribution in [1.82, 2.24) is 0 Å². The lowest BCUT2D eigenvalue weighted by Crippen LogP contribution is -2.16. The van der Waals surface area contributed by atoms with Crippen molar-refractivity contribution >= 4 is 21.9 Å². The lowest BCUT2D eigenvalue weighted by atomic mass is 10.1. The van der Waals surface area contributed by atoms with Gasteiger partial charge >= 0.3 is 5.97 Å². The van der Waals surface area contributed by atoms with E-state index in [-0.39, 0.29) is 12.4 Å². The first-order chi connectivity index (χ1) is 8.49. The number of halogens is 2. The third-order valence-corrected chi connectivity index (χ3v) is 2.81. The molecule has 0 saturated carbocycles. The predicted octanol–water partition coefficient (Wildman–Crippen LogP) is 3.56. The van der Waals surface area contributed by atoms with E-state index in [0.717, 1.165) is 6.42 Å². The molecule has 0 unspecified atom stereocenters. The molecule has 0 spiro atoms. The molecule has 0 N–H and O–H groups in total. The molecule has 0 aliphatic carbocycles. The van der Waals surface area contributed by atoms with Crippen LogP contribution in [0.15, 0.2) is 22.7 Å². The molecule has 1 aromatic rings. The summed E-state index contributed by atoms with van der Waals surface area (Å²) >= 11 is 3.04. The van der Waals surface area contributed by atoms with Crippen molar-refractivity contribution in [3.63, 3.8) is 0 Å². The summed E-state index contributed by atoms with van der Waals surface area (Å²) in [5, 5.41) is 0. The van der Waals surface area contributed by atoms with Gasteiger partial charge in [0, 0.05) is 0 Å². The molecule has 0 aromatic heterocycles. The smallest absolute Gasteiger partial charge is 0.344 e. The third-order valence-electron chi connectivity index (χ3n) is 2.21. The first kappa shape index (κ1) is 15.0.